The summed E-state index contributed by atoms with van der Waals surface area (Å²) >= 11 is 0. The van der Waals surface area contributed by atoms with Crippen LogP contribution in [0.3, 0.4) is 0 Å². The molecule has 1 aromatic rings. The normalized spacial score (nSPS) is 30.1. The zero-order valence-electron chi connectivity index (χ0n) is 13.7. The highest BCUT2D eigenvalue weighted by Gasteiger charge is 2.37. The second kappa shape index (κ2) is 6.89. The van der Waals surface area contributed by atoms with Gasteiger partial charge in [-0.15, -0.1) is 0 Å². The highest BCUT2D eigenvalue weighted by Crippen LogP contribution is 2.36. The molecule has 5 atom stereocenters. The standard InChI is InChI=1S/C18H29FN2/c1-5-17(20)18(15-8-6-7-9-16(15)19)21-11-12(2)10-13(3)14(21)4/h6-9,12-14,17-18H,5,10-11,20H2,1-4H3. The summed E-state index contributed by atoms with van der Waals surface area (Å²) in [5.41, 5.74) is 7.14. The fourth-order valence-corrected chi connectivity index (χ4v) is 3.72. The molecular formula is C18H29FN2. The molecule has 0 amide bonds. The number of piperidine rings is 1. The van der Waals surface area contributed by atoms with Gasteiger partial charge in [-0.25, -0.2) is 4.39 Å². The van der Waals surface area contributed by atoms with Crippen molar-refractivity contribution in [2.24, 2.45) is 17.6 Å². The molecule has 2 rings (SSSR count). The fourth-order valence-electron chi connectivity index (χ4n) is 3.72. The summed E-state index contributed by atoms with van der Waals surface area (Å²) in [7, 11) is 0. The van der Waals surface area contributed by atoms with Gasteiger partial charge < -0.3 is 5.73 Å². The lowest BCUT2D eigenvalue weighted by Gasteiger charge is -2.47. The average Bonchev–Trinajstić information content (AvgIpc) is 2.45. The Bertz CT molecular complexity index is 462. The van der Waals surface area contributed by atoms with Gasteiger partial charge in [-0.1, -0.05) is 39.0 Å². The number of hydrogen-bond donors (Lipinski definition) is 1. The average molecular weight is 292 g/mol. The Morgan fingerprint density at radius 2 is 1.95 bits per heavy atom. The van der Waals surface area contributed by atoms with Crippen molar-refractivity contribution in [3.05, 3.63) is 35.6 Å². The number of rotatable bonds is 4. The molecular weight excluding hydrogens is 263 g/mol. The Morgan fingerprint density at radius 3 is 2.57 bits per heavy atom. The van der Waals surface area contributed by atoms with Gasteiger partial charge in [0.25, 0.3) is 0 Å². The predicted molar refractivity (Wildman–Crippen MR) is 86.5 cm³/mol. The summed E-state index contributed by atoms with van der Waals surface area (Å²) < 4.78 is 14.3. The molecule has 2 N–H and O–H groups in total. The Morgan fingerprint density at radius 1 is 1.29 bits per heavy atom. The quantitative estimate of drug-likeness (QED) is 0.910. The molecule has 1 aromatic carbocycles. The first-order chi connectivity index (χ1) is 9.95. The fraction of sp³-hybridized carbons (Fsp3) is 0.667. The number of hydrogen-bond acceptors (Lipinski definition) is 2. The van der Waals surface area contributed by atoms with Gasteiger partial charge in [0.05, 0.1) is 6.04 Å². The number of likely N-dealkylation sites (tertiary alicyclic amines) is 1. The molecule has 3 heteroatoms. The van der Waals surface area contributed by atoms with Gasteiger partial charge in [-0.05, 0) is 37.7 Å². The van der Waals surface area contributed by atoms with Gasteiger partial charge in [0.15, 0.2) is 0 Å². The lowest BCUT2D eigenvalue weighted by molar-refractivity contribution is 0.0274. The number of nitrogens with zero attached hydrogens (tertiary/aromatic N) is 1. The van der Waals surface area contributed by atoms with Crippen LogP contribution in [0.4, 0.5) is 4.39 Å². The van der Waals surface area contributed by atoms with Crippen LogP contribution >= 0.6 is 0 Å². The van der Waals surface area contributed by atoms with Crippen LogP contribution in [-0.2, 0) is 0 Å². The highest BCUT2D eigenvalue weighted by molar-refractivity contribution is 5.23. The van der Waals surface area contributed by atoms with E-state index < -0.39 is 0 Å². The summed E-state index contributed by atoms with van der Waals surface area (Å²) in [4.78, 5) is 2.44. The minimum absolute atomic E-state index is 0.0311. The summed E-state index contributed by atoms with van der Waals surface area (Å²) in [5, 5.41) is 0. The molecule has 1 fully saturated rings. The van der Waals surface area contributed by atoms with E-state index >= 15 is 0 Å². The van der Waals surface area contributed by atoms with Crippen molar-refractivity contribution in [2.45, 2.75) is 58.7 Å². The minimum atomic E-state index is -0.135. The maximum absolute atomic E-state index is 14.3. The van der Waals surface area contributed by atoms with Gasteiger partial charge in [0.1, 0.15) is 5.82 Å². The van der Waals surface area contributed by atoms with Gasteiger partial charge in [-0.3, -0.25) is 4.90 Å². The lowest BCUT2D eigenvalue weighted by Crippen LogP contribution is -2.52. The van der Waals surface area contributed by atoms with Crippen molar-refractivity contribution in [1.29, 1.82) is 0 Å². The maximum atomic E-state index is 14.3. The monoisotopic (exact) mass is 292 g/mol. The first kappa shape index (κ1) is 16.4. The van der Waals surface area contributed by atoms with Crippen LogP contribution in [0, 0.1) is 17.7 Å². The second-order valence-corrected chi connectivity index (χ2v) is 6.79. The molecule has 0 aliphatic carbocycles. The molecule has 1 saturated heterocycles. The van der Waals surface area contributed by atoms with Gasteiger partial charge >= 0.3 is 0 Å². The second-order valence-electron chi connectivity index (χ2n) is 6.79. The Labute approximate surface area is 128 Å². The maximum Gasteiger partial charge on any atom is 0.128 e. The molecule has 0 aromatic heterocycles. The zero-order valence-corrected chi connectivity index (χ0v) is 13.7. The van der Waals surface area contributed by atoms with Gasteiger partial charge in [0, 0.05) is 24.2 Å². The third-order valence-electron chi connectivity index (χ3n) is 5.10. The molecule has 0 saturated carbocycles. The van der Waals surface area contributed by atoms with E-state index in [2.05, 4.69) is 32.6 Å². The van der Waals surface area contributed by atoms with E-state index in [1.54, 1.807) is 12.1 Å². The third-order valence-corrected chi connectivity index (χ3v) is 5.10. The van der Waals surface area contributed by atoms with E-state index in [0.717, 1.165) is 18.5 Å². The van der Waals surface area contributed by atoms with E-state index in [1.165, 1.54) is 6.42 Å². The smallest absolute Gasteiger partial charge is 0.128 e. The molecule has 5 unspecified atom stereocenters. The van der Waals surface area contributed by atoms with Crippen molar-refractivity contribution >= 4 is 0 Å². The molecule has 1 heterocycles. The summed E-state index contributed by atoms with van der Waals surface area (Å²) in [6.07, 6.45) is 2.09. The summed E-state index contributed by atoms with van der Waals surface area (Å²) in [6, 6.07) is 7.47. The number of nitrogens with two attached hydrogens (primary N) is 1. The van der Waals surface area contributed by atoms with Crippen molar-refractivity contribution in [3.8, 4) is 0 Å². The molecule has 1 aliphatic heterocycles. The molecule has 0 radical (unpaired) electrons. The number of benzene rings is 1. The Kier molecular flexibility index (Phi) is 5.39. The van der Waals surface area contributed by atoms with Crippen LogP contribution in [0.15, 0.2) is 24.3 Å². The van der Waals surface area contributed by atoms with Crippen LogP contribution in [-0.4, -0.2) is 23.5 Å². The van der Waals surface area contributed by atoms with E-state index in [1.807, 2.05) is 12.1 Å². The lowest BCUT2D eigenvalue weighted by atomic mass is 9.82. The summed E-state index contributed by atoms with van der Waals surface area (Å²) in [6.45, 7) is 9.92. The molecule has 2 nitrogen and oxygen atoms in total. The molecule has 21 heavy (non-hydrogen) atoms. The van der Waals surface area contributed by atoms with Gasteiger partial charge in [-0.2, -0.15) is 0 Å². The Balaban J connectivity index is 2.38. The van der Waals surface area contributed by atoms with Crippen LogP contribution in [0.1, 0.15) is 52.1 Å². The van der Waals surface area contributed by atoms with Crippen LogP contribution in [0.5, 0.6) is 0 Å². The SMILES string of the molecule is CCC(N)C(c1ccccc1F)N1CC(C)CC(C)C1C. The zero-order chi connectivity index (χ0) is 15.6. The van der Waals surface area contributed by atoms with Crippen LogP contribution < -0.4 is 5.73 Å². The molecule has 118 valence electrons. The minimum Gasteiger partial charge on any atom is -0.326 e. The largest absolute Gasteiger partial charge is 0.326 e. The first-order valence-electron chi connectivity index (χ1n) is 8.21. The van der Waals surface area contributed by atoms with Crippen molar-refractivity contribution < 1.29 is 4.39 Å². The van der Waals surface area contributed by atoms with Crippen molar-refractivity contribution in [1.82, 2.24) is 4.90 Å². The van der Waals surface area contributed by atoms with Crippen LogP contribution in [0.2, 0.25) is 0 Å². The topological polar surface area (TPSA) is 29.3 Å². The van der Waals surface area contributed by atoms with E-state index in [9.17, 15) is 4.39 Å². The molecule has 0 spiro atoms. The highest BCUT2D eigenvalue weighted by atomic mass is 19.1. The molecule has 0 bridgehead atoms. The summed E-state index contributed by atoms with van der Waals surface area (Å²) in [5.74, 6) is 1.12. The third kappa shape index (κ3) is 3.46. The van der Waals surface area contributed by atoms with E-state index in [0.29, 0.717) is 17.9 Å². The van der Waals surface area contributed by atoms with E-state index in [4.69, 9.17) is 5.73 Å². The number of halogens is 1. The molecule has 1 aliphatic rings. The van der Waals surface area contributed by atoms with E-state index in [-0.39, 0.29) is 17.9 Å². The van der Waals surface area contributed by atoms with Crippen LogP contribution in [0.25, 0.3) is 0 Å². The van der Waals surface area contributed by atoms with Crippen molar-refractivity contribution in [3.63, 3.8) is 0 Å². The van der Waals surface area contributed by atoms with Crippen molar-refractivity contribution in [2.75, 3.05) is 6.54 Å². The van der Waals surface area contributed by atoms with Gasteiger partial charge in [0.2, 0.25) is 0 Å². The first-order valence-corrected chi connectivity index (χ1v) is 8.21. The predicted octanol–water partition coefficient (Wildman–Crippen LogP) is 3.97. The Hall–Kier alpha value is -0.930.